The van der Waals surface area contributed by atoms with Crippen molar-refractivity contribution >= 4 is 73.8 Å². The van der Waals surface area contributed by atoms with Crippen molar-refractivity contribution in [3.05, 3.63) is 50.4 Å². The van der Waals surface area contributed by atoms with E-state index >= 15 is 0 Å². The molecule has 0 spiro atoms. The van der Waals surface area contributed by atoms with Crippen LogP contribution in [-0.4, -0.2) is 44.9 Å². The maximum Gasteiger partial charge on any atom is 0.363 e. The largest absolute Gasteiger partial charge is 0.388 e. The summed E-state index contributed by atoms with van der Waals surface area (Å²) in [5.41, 5.74) is 11.9. The van der Waals surface area contributed by atoms with E-state index in [0.717, 1.165) is 9.37 Å². The van der Waals surface area contributed by atoms with Gasteiger partial charge in [-0.25, -0.2) is 9.78 Å². The number of aromatic nitrogens is 1. The number of rotatable bonds is 5. The fourth-order valence-corrected chi connectivity index (χ4v) is 6.48. The lowest BCUT2D eigenvalue weighted by molar-refractivity contribution is -0.160. The summed E-state index contributed by atoms with van der Waals surface area (Å²) in [6.45, 7) is 0. The highest BCUT2D eigenvalue weighted by atomic mass is 79.9. The Labute approximate surface area is 192 Å². The molecule has 2 aromatic rings. The van der Waals surface area contributed by atoms with E-state index in [-0.39, 0.29) is 23.4 Å². The molecule has 1 fully saturated rings. The van der Waals surface area contributed by atoms with Crippen molar-refractivity contribution in [2.24, 2.45) is 5.73 Å². The molecule has 1 unspecified atom stereocenters. The number of nitrogen functional groups attached to an aromatic ring is 1. The number of esters is 2. The molecule has 0 radical (unpaired) electrons. The second kappa shape index (κ2) is 8.71. The van der Waals surface area contributed by atoms with Gasteiger partial charge in [-0.2, -0.15) is 0 Å². The molecule has 2 atom stereocenters. The lowest BCUT2D eigenvalue weighted by Crippen LogP contribution is -2.68. The zero-order chi connectivity index (χ0) is 21.4. The number of thiazole rings is 1. The molecule has 4 N–H and O–H groups in total. The number of nitrogens with two attached hydrogens (primary N) is 2. The number of nitrogens with zero attached hydrogens (tertiary/aromatic N) is 2. The van der Waals surface area contributed by atoms with E-state index in [1.807, 2.05) is 24.3 Å². The first-order valence-electron chi connectivity index (χ1n) is 8.66. The molecule has 0 aliphatic carbocycles. The molecular formula is C18H15BrN4O4S3. The molecule has 2 aliphatic rings. The van der Waals surface area contributed by atoms with Crippen LogP contribution in [0.15, 0.2) is 49.6 Å². The predicted molar refractivity (Wildman–Crippen MR) is 119 cm³/mol. The van der Waals surface area contributed by atoms with Gasteiger partial charge in [0.1, 0.15) is 17.1 Å². The van der Waals surface area contributed by atoms with Crippen LogP contribution in [0.5, 0.6) is 0 Å². The van der Waals surface area contributed by atoms with Crippen LogP contribution in [-0.2, 0) is 25.5 Å². The van der Waals surface area contributed by atoms with Gasteiger partial charge in [-0.3, -0.25) is 14.5 Å². The summed E-state index contributed by atoms with van der Waals surface area (Å²) in [5.74, 6) is -1.54. The number of thioether (sulfide) groups is 2. The number of amides is 1. The molecular weight excluding hydrogens is 512 g/mol. The van der Waals surface area contributed by atoms with Crippen molar-refractivity contribution in [3.8, 4) is 0 Å². The van der Waals surface area contributed by atoms with Crippen molar-refractivity contribution < 1.29 is 19.1 Å². The Morgan fingerprint density at radius 2 is 2.13 bits per heavy atom. The summed E-state index contributed by atoms with van der Waals surface area (Å²) in [7, 11) is 0. The number of carbonyl (C=O) groups is 3. The molecule has 30 heavy (non-hydrogen) atoms. The van der Waals surface area contributed by atoms with Crippen LogP contribution in [0.25, 0.3) is 0 Å². The van der Waals surface area contributed by atoms with Gasteiger partial charge < -0.3 is 16.2 Å². The van der Waals surface area contributed by atoms with Gasteiger partial charge >= 0.3 is 11.9 Å². The number of anilines is 1. The normalized spacial score (nSPS) is 20.6. The maximum absolute atomic E-state index is 12.9. The molecule has 1 aromatic carbocycles. The monoisotopic (exact) mass is 526 g/mol. The van der Waals surface area contributed by atoms with Crippen LogP contribution in [0, 0.1) is 0 Å². The summed E-state index contributed by atoms with van der Waals surface area (Å²) in [6.07, 6.45) is -0.189. The van der Waals surface area contributed by atoms with Gasteiger partial charge in [0.2, 0.25) is 5.91 Å². The van der Waals surface area contributed by atoms with Crippen LogP contribution in [0.3, 0.4) is 0 Å². The summed E-state index contributed by atoms with van der Waals surface area (Å²) in [6, 6.07) is 6.85. The first-order valence-corrected chi connectivity index (χ1v) is 12.2. The quantitative estimate of drug-likeness (QED) is 0.342. The van der Waals surface area contributed by atoms with Gasteiger partial charge in [0.15, 0.2) is 5.13 Å². The summed E-state index contributed by atoms with van der Waals surface area (Å²) in [5, 5.41) is 1.60. The van der Waals surface area contributed by atoms with E-state index in [4.69, 9.17) is 16.2 Å². The molecule has 3 heterocycles. The molecule has 0 bridgehead atoms. The fraction of sp³-hybridized carbons (Fsp3) is 0.222. The molecule has 8 nitrogen and oxygen atoms in total. The molecule has 1 amide bonds. The Morgan fingerprint density at radius 1 is 1.37 bits per heavy atom. The SMILES string of the molecule is Nc1nc(CC(=O)OC(=O)C2=C(Sc3ccccc3Br)CS[C@H]3C(N)C(=O)N23)cs1. The second-order valence-electron chi connectivity index (χ2n) is 6.36. The molecule has 0 saturated carbocycles. The van der Waals surface area contributed by atoms with Gasteiger partial charge in [-0.15, -0.1) is 23.1 Å². The Hall–Kier alpha value is -1.86. The molecule has 1 aromatic heterocycles. The highest BCUT2D eigenvalue weighted by Crippen LogP contribution is 2.45. The topological polar surface area (TPSA) is 129 Å². The van der Waals surface area contributed by atoms with Gasteiger partial charge in [0, 0.05) is 25.4 Å². The van der Waals surface area contributed by atoms with Crippen LogP contribution >= 0.6 is 50.8 Å². The highest BCUT2D eigenvalue weighted by molar-refractivity contribution is 9.10. The van der Waals surface area contributed by atoms with Crippen LogP contribution in [0.2, 0.25) is 0 Å². The standard InChI is InChI=1S/C18H15BrN4O4S3/c19-9-3-1-2-4-10(9)30-11-7-28-16-13(20)15(25)23(16)14(11)17(26)27-12(24)5-8-6-29-18(21)22-8/h1-4,6,13,16H,5,7,20H2,(H2,21,22)/t13?,16-/m0/s1. The Bertz CT molecular complexity index is 1070. The number of benzene rings is 1. The van der Waals surface area contributed by atoms with Gasteiger partial charge in [-0.1, -0.05) is 23.9 Å². The minimum absolute atomic E-state index is 0.0670. The van der Waals surface area contributed by atoms with Gasteiger partial charge in [-0.05, 0) is 28.1 Å². The van der Waals surface area contributed by atoms with E-state index in [1.165, 1.54) is 39.8 Å². The molecule has 2 aliphatic heterocycles. The zero-order valence-electron chi connectivity index (χ0n) is 15.2. The highest BCUT2D eigenvalue weighted by Gasteiger charge is 2.52. The molecule has 4 rings (SSSR count). The van der Waals surface area contributed by atoms with Crippen molar-refractivity contribution in [2.45, 2.75) is 22.7 Å². The van der Waals surface area contributed by atoms with Crippen molar-refractivity contribution in [1.29, 1.82) is 0 Å². The third-order valence-electron chi connectivity index (χ3n) is 4.34. The first kappa shape index (κ1) is 21.4. The van der Waals surface area contributed by atoms with E-state index in [1.54, 1.807) is 5.38 Å². The minimum Gasteiger partial charge on any atom is -0.388 e. The van der Waals surface area contributed by atoms with Crippen molar-refractivity contribution in [2.75, 3.05) is 11.5 Å². The van der Waals surface area contributed by atoms with Crippen molar-refractivity contribution in [1.82, 2.24) is 9.88 Å². The minimum atomic E-state index is -0.872. The average Bonchev–Trinajstić information content (AvgIpc) is 3.12. The average molecular weight is 527 g/mol. The molecule has 12 heteroatoms. The molecule has 1 saturated heterocycles. The number of β-lactam (4-membered cyclic amide) rings is 1. The lowest BCUT2D eigenvalue weighted by Gasteiger charge is -2.48. The number of ether oxygens (including phenoxy) is 1. The smallest absolute Gasteiger partial charge is 0.363 e. The maximum atomic E-state index is 12.9. The fourth-order valence-electron chi connectivity index (χ4n) is 2.96. The number of hydrogen-bond donors (Lipinski definition) is 2. The van der Waals surface area contributed by atoms with Gasteiger partial charge in [0.05, 0.1) is 12.1 Å². The van der Waals surface area contributed by atoms with E-state index in [2.05, 4.69) is 20.9 Å². The summed E-state index contributed by atoms with van der Waals surface area (Å²) in [4.78, 5) is 44.4. The van der Waals surface area contributed by atoms with Crippen LogP contribution in [0.1, 0.15) is 5.69 Å². The van der Waals surface area contributed by atoms with E-state index in [0.29, 0.717) is 21.5 Å². The Balaban J connectivity index is 1.59. The Morgan fingerprint density at radius 3 is 2.83 bits per heavy atom. The first-order chi connectivity index (χ1) is 14.3. The number of hydrogen-bond acceptors (Lipinski definition) is 10. The van der Waals surface area contributed by atoms with Gasteiger partial charge in [0.25, 0.3) is 0 Å². The van der Waals surface area contributed by atoms with Crippen molar-refractivity contribution in [3.63, 3.8) is 0 Å². The number of fused-ring (bicyclic) bond motifs is 1. The van der Waals surface area contributed by atoms with Crippen LogP contribution < -0.4 is 11.5 Å². The zero-order valence-corrected chi connectivity index (χ0v) is 19.3. The number of carbonyl (C=O) groups excluding carboxylic acids is 3. The number of halogens is 1. The predicted octanol–water partition coefficient (Wildman–Crippen LogP) is 2.35. The summed E-state index contributed by atoms with van der Waals surface area (Å²) >= 11 is 7.50. The Kier molecular flexibility index (Phi) is 6.21. The lowest BCUT2D eigenvalue weighted by atomic mass is 10.1. The molecule has 156 valence electrons. The third-order valence-corrected chi connectivity index (χ3v) is 8.66. The second-order valence-corrected chi connectivity index (χ2v) is 10.3. The van der Waals surface area contributed by atoms with E-state index < -0.39 is 18.0 Å². The summed E-state index contributed by atoms with van der Waals surface area (Å²) < 4.78 is 5.91. The third kappa shape index (κ3) is 4.14. The van der Waals surface area contributed by atoms with Crippen LogP contribution in [0.4, 0.5) is 5.13 Å². The van der Waals surface area contributed by atoms with E-state index in [9.17, 15) is 14.4 Å².